The van der Waals surface area contributed by atoms with E-state index in [1.165, 1.54) is 11.1 Å². The molecule has 6 nitrogen and oxygen atoms in total. The van der Waals surface area contributed by atoms with Gasteiger partial charge in [0.1, 0.15) is 16.8 Å². The Morgan fingerprint density at radius 3 is 1.39 bits per heavy atom. The van der Waals surface area contributed by atoms with Crippen LogP contribution < -0.4 is 0 Å². The van der Waals surface area contributed by atoms with E-state index in [-0.39, 0.29) is 23.3 Å². The molecule has 0 saturated heterocycles. The van der Waals surface area contributed by atoms with Crippen LogP contribution in [0.4, 0.5) is 0 Å². The fourth-order valence-corrected chi connectivity index (χ4v) is 9.34. The first-order valence-corrected chi connectivity index (χ1v) is 25.5. The molecule has 0 aliphatic heterocycles. The fraction of sp³-hybridized carbons (Fsp3) is 0.525. The first kappa shape index (κ1) is 53.0. The number of rotatable bonds is 15. The van der Waals surface area contributed by atoms with Crippen LogP contribution in [0.2, 0.25) is 0 Å². The normalized spacial score (nSPS) is 17.2. The average Bonchev–Trinajstić information content (AvgIpc) is 4.16. The maximum Gasteiger partial charge on any atom is 0.339 e. The monoisotopic (exact) mass is 911 g/mol. The Labute approximate surface area is 404 Å². The number of aryl methyl sites for hydroxylation is 1. The molecule has 0 unspecified atom stereocenters. The number of benzene rings is 4. The molecule has 0 spiro atoms. The molecule has 0 atom stereocenters. The summed E-state index contributed by atoms with van der Waals surface area (Å²) in [7, 11) is 0. The van der Waals surface area contributed by atoms with Crippen molar-refractivity contribution in [3.63, 3.8) is 0 Å². The van der Waals surface area contributed by atoms with Gasteiger partial charge in [-0.05, 0) is 187 Å². The van der Waals surface area contributed by atoms with Gasteiger partial charge in [-0.2, -0.15) is 0 Å². The number of carbonyl (C=O) groups is 3. The number of hydrogen-bond acceptors (Lipinski definition) is 6. The topological polar surface area (TPSA) is 78.9 Å². The summed E-state index contributed by atoms with van der Waals surface area (Å²) in [6.45, 7) is 24.5. The largest absolute Gasteiger partial charge is 0.454 e. The molecule has 3 aliphatic rings. The molecule has 0 N–H and O–H groups in total. The molecule has 0 bridgehead atoms. The van der Waals surface area contributed by atoms with E-state index in [4.69, 9.17) is 14.2 Å². The highest BCUT2D eigenvalue weighted by atomic mass is 16.6. The van der Waals surface area contributed by atoms with Gasteiger partial charge in [0.2, 0.25) is 0 Å². The lowest BCUT2D eigenvalue weighted by Gasteiger charge is -2.33. The lowest BCUT2D eigenvalue weighted by molar-refractivity contribution is -0.172. The van der Waals surface area contributed by atoms with Crippen molar-refractivity contribution in [2.24, 2.45) is 10.8 Å². The summed E-state index contributed by atoms with van der Waals surface area (Å²) >= 11 is 0. The van der Waals surface area contributed by atoms with Crippen molar-refractivity contribution >= 4 is 24.0 Å². The molecule has 4 aromatic rings. The van der Waals surface area contributed by atoms with E-state index in [1.54, 1.807) is 0 Å². The number of carbonyl (C=O) groups excluding carboxylic acids is 3. The van der Waals surface area contributed by atoms with Crippen LogP contribution in [0.3, 0.4) is 0 Å². The second kappa shape index (κ2) is 22.9. The van der Waals surface area contributed by atoms with Crippen molar-refractivity contribution in [3.05, 3.63) is 149 Å². The van der Waals surface area contributed by atoms with Crippen LogP contribution >= 0.6 is 0 Å². The van der Waals surface area contributed by atoms with Gasteiger partial charge in [-0.1, -0.05) is 139 Å². The quantitative estimate of drug-likeness (QED) is 0.0873. The zero-order valence-corrected chi connectivity index (χ0v) is 42.9. The summed E-state index contributed by atoms with van der Waals surface area (Å²) in [6.07, 6.45) is 17.8. The molecule has 67 heavy (non-hydrogen) atoms. The molecule has 7 rings (SSSR count). The Balaban J connectivity index is 0.000000189. The third-order valence-electron chi connectivity index (χ3n) is 15.6. The lowest BCUT2D eigenvalue weighted by atomic mass is 9.82. The van der Waals surface area contributed by atoms with Crippen molar-refractivity contribution in [1.29, 1.82) is 0 Å². The van der Waals surface area contributed by atoms with E-state index in [9.17, 15) is 14.4 Å². The highest BCUT2D eigenvalue weighted by molar-refractivity contribution is 5.90. The summed E-state index contributed by atoms with van der Waals surface area (Å²) in [5.41, 5.74) is 5.68. The van der Waals surface area contributed by atoms with Crippen molar-refractivity contribution in [3.8, 4) is 0 Å². The van der Waals surface area contributed by atoms with Gasteiger partial charge in [0.05, 0.1) is 16.4 Å². The van der Waals surface area contributed by atoms with E-state index in [2.05, 4.69) is 94.9 Å². The predicted octanol–water partition coefficient (Wildman–Crippen LogP) is 16.1. The Kier molecular flexibility index (Phi) is 18.1. The van der Waals surface area contributed by atoms with Crippen LogP contribution in [0.15, 0.2) is 110 Å². The minimum absolute atomic E-state index is 0.0635. The molecule has 0 radical (unpaired) electrons. The predicted molar refractivity (Wildman–Crippen MR) is 275 cm³/mol. The van der Waals surface area contributed by atoms with E-state index >= 15 is 0 Å². The van der Waals surface area contributed by atoms with Gasteiger partial charge in [-0.25, -0.2) is 4.79 Å². The summed E-state index contributed by atoms with van der Waals surface area (Å²) in [4.78, 5) is 37.9. The Hall–Kier alpha value is -4.97. The van der Waals surface area contributed by atoms with E-state index in [0.29, 0.717) is 5.56 Å². The molecule has 4 aromatic carbocycles. The number of esters is 3. The second-order valence-electron chi connectivity index (χ2n) is 21.3. The van der Waals surface area contributed by atoms with Crippen molar-refractivity contribution in [2.75, 3.05) is 0 Å². The molecule has 3 saturated carbocycles. The highest BCUT2D eigenvalue weighted by Crippen LogP contribution is 2.46. The van der Waals surface area contributed by atoms with Crippen molar-refractivity contribution in [2.45, 2.75) is 194 Å². The molecule has 0 heterocycles. The maximum absolute atomic E-state index is 12.8. The molecule has 3 aliphatic carbocycles. The molecule has 362 valence electrons. The summed E-state index contributed by atoms with van der Waals surface area (Å²) in [5, 5.41) is 0. The highest BCUT2D eigenvalue weighted by Gasteiger charge is 2.44. The van der Waals surface area contributed by atoms with Crippen LogP contribution in [0.5, 0.6) is 0 Å². The maximum atomic E-state index is 12.8. The second-order valence-corrected chi connectivity index (χ2v) is 21.3. The van der Waals surface area contributed by atoms with Gasteiger partial charge in [-0.15, -0.1) is 0 Å². The smallest absolute Gasteiger partial charge is 0.339 e. The van der Waals surface area contributed by atoms with Crippen LogP contribution in [-0.4, -0.2) is 17.9 Å². The van der Waals surface area contributed by atoms with Crippen LogP contribution in [0.25, 0.3) is 6.08 Å². The Bertz CT molecular complexity index is 2210. The third-order valence-corrected chi connectivity index (χ3v) is 15.6. The standard InChI is InChI=1S/C23H28O2.C19H28O2.C19H26O2/c1-4-22(2,3)19-14-12-18(13-15-19)21(24)25-23(16-8-9-17-23)20-10-6-5-7-11-20;1-5-15-9-11-16(12-10-15)19(13-7-8-14-19)21-17(20)18(3,4)6-2;1-5-15-10-9-11-16(14-15)19(12-7-8-13-19)21-17(20)18(3,4)6-2/h5-7,10-15H,4,8-9,16-17H2,1-3H3;9-12H,5-8,13-14H2,1-4H3;5,9-11,14H,1,6-8,12-13H2,2-4H3. The van der Waals surface area contributed by atoms with Crippen LogP contribution in [-0.2, 0) is 52.4 Å². The third kappa shape index (κ3) is 13.0. The summed E-state index contributed by atoms with van der Waals surface area (Å²) in [6, 6.07) is 35.0. The molecular formula is C61H82O6. The minimum Gasteiger partial charge on any atom is -0.454 e. The fourth-order valence-electron chi connectivity index (χ4n) is 9.34. The van der Waals surface area contributed by atoms with Gasteiger partial charge in [0.25, 0.3) is 0 Å². The Morgan fingerprint density at radius 1 is 0.522 bits per heavy atom. The van der Waals surface area contributed by atoms with Crippen molar-refractivity contribution < 1.29 is 28.6 Å². The van der Waals surface area contributed by atoms with E-state index in [0.717, 1.165) is 125 Å². The van der Waals surface area contributed by atoms with Gasteiger partial charge in [0.15, 0.2) is 0 Å². The molecule has 0 aromatic heterocycles. The Morgan fingerprint density at radius 2 is 0.955 bits per heavy atom. The molecular weight excluding hydrogens is 829 g/mol. The minimum atomic E-state index is -0.459. The number of hydrogen-bond donors (Lipinski definition) is 0. The summed E-state index contributed by atoms with van der Waals surface area (Å²) < 4.78 is 18.2. The van der Waals surface area contributed by atoms with E-state index in [1.807, 2.05) is 90.1 Å². The first-order valence-electron chi connectivity index (χ1n) is 25.5. The lowest BCUT2D eigenvalue weighted by Crippen LogP contribution is -2.36. The van der Waals surface area contributed by atoms with Crippen molar-refractivity contribution in [1.82, 2.24) is 0 Å². The van der Waals surface area contributed by atoms with Gasteiger partial charge < -0.3 is 14.2 Å². The SMILES string of the molecule is C=Cc1cccc(C2(OC(=O)C(C)(C)CC)CCCC2)c1.CCC(C)(C)c1ccc(C(=O)OC2(c3ccccc3)CCCC2)cc1.CCc1ccc(C2(OC(=O)C(C)(C)CC)CCCC2)cc1. The first-order chi connectivity index (χ1) is 31.8. The zero-order chi connectivity index (χ0) is 48.9. The number of ether oxygens (including phenoxy) is 3. The molecule has 3 fully saturated rings. The van der Waals surface area contributed by atoms with Gasteiger partial charge >= 0.3 is 17.9 Å². The zero-order valence-electron chi connectivity index (χ0n) is 42.9. The molecule has 0 amide bonds. The average molecular weight is 911 g/mol. The van der Waals surface area contributed by atoms with Gasteiger partial charge in [-0.3, -0.25) is 9.59 Å². The van der Waals surface area contributed by atoms with Crippen LogP contribution in [0, 0.1) is 10.8 Å². The van der Waals surface area contributed by atoms with Crippen LogP contribution in [0.1, 0.15) is 209 Å². The molecule has 6 heteroatoms. The summed E-state index contributed by atoms with van der Waals surface area (Å²) in [5.74, 6) is -0.367. The van der Waals surface area contributed by atoms with E-state index < -0.39 is 27.6 Å². The van der Waals surface area contributed by atoms with Gasteiger partial charge in [0, 0.05) is 0 Å².